The number of aryl methyl sites for hydroxylation is 2. The zero-order valence-corrected chi connectivity index (χ0v) is 17.3. The summed E-state index contributed by atoms with van der Waals surface area (Å²) in [5.41, 5.74) is 3.53. The second kappa shape index (κ2) is 8.96. The number of carbonyl (C=O) groups excluding carboxylic acids is 2. The van der Waals surface area contributed by atoms with Crippen LogP contribution < -0.4 is 25.0 Å². The van der Waals surface area contributed by atoms with E-state index < -0.39 is 6.04 Å². The van der Waals surface area contributed by atoms with Crippen LogP contribution in [0.25, 0.3) is 0 Å². The first kappa shape index (κ1) is 20.7. The Morgan fingerprint density at radius 2 is 1.76 bits per heavy atom. The summed E-state index contributed by atoms with van der Waals surface area (Å²) in [6.07, 6.45) is 0. The molecule has 1 aliphatic heterocycles. The Kier molecular flexibility index (Phi) is 6.39. The van der Waals surface area contributed by atoms with Gasteiger partial charge in [-0.25, -0.2) is 0 Å². The molecule has 7 nitrogen and oxygen atoms in total. The second-order valence-corrected chi connectivity index (χ2v) is 7.46. The number of fused-ring (bicyclic) bond motifs is 1. The molecule has 7 heteroatoms. The molecule has 1 unspecified atom stereocenters. The topological polar surface area (TPSA) is 81.1 Å². The molecule has 3 rings (SSSR count). The number of carbonyl (C=O) groups is 2. The molecule has 2 aromatic carbocycles. The fourth-order valence-electron chi connectivity index (χ4n) is 3.07. The Labute approximate surface area is 171 Å². The lowest BCUT2D eigenvalue weighted by atomic mass is 10.1. The van der Waals surface area contributed by atoms with Gasteiger partial charge in [-0.05, 0) is 50.1 Å². The highest BCUT2D eigenvalue weighted by molar-refractivity contribution is 5.95. The standard InChI is InChI=1S/C22H27N3O4/c1-14-5-6-15(2)18(11-14)24-21(26)13-25(4)16(3)22(27)23-17-7-8-19-20(12-17)29-10-9-28-19/h5-8,11-12,16H,9-10,13H2,1-4H3,(H,23,27)(H,24,26)/p+1/t16-/m1/s1. The third kappa shape index (κ3) is 5.26. The van der Waals surface area contributed by atoms with Gasteiger partial charge in [-0.15, -0.1) is 0 Å². The first-order valence-corrected chi connectivity index (χ1v) is 9.73. The number of rotatable bonds is 6. The largest absolute Gasteiger partial charge is 0.486 e. The predicted molar refractivity (Wildman–Crippen MR) is 112 cm³/mol. The van der Waals surface area contributed by atoms with Crippen LogP contribution in [0.1, 0.15) is 18.1 Å². The first-order valence-electron chi connectivity index (χ1n) is 9.73. The van der Waals surface area contributed by atoms with Crippen molar-refractivity contribution >= 4 is 23.2 Å². The molecule has 1 aliphatic rings. The highest BCUT2D eigenvalue weighted by Crippen LogP contribution is 2.32. The normalized spacial score (nSPS) is 14.6. The number of ether oxygens (including phenoxy) is 2. The maximum atomic E-state index is 12.6. The zero-order chi connectivity index (χ0) is 21.0. The summed E-state index contributed by atoms with van der Waals surface area (Å²) >= 11 is 0. The predicted octanol–water partition coefficient (Wildman–Crippen LogP) is 1.56. The Morgan fingerprint density at radius 3 is 2.52 bits per heavy atom. The summed E-state index contributed by atoms with van der Waals surface area (Å²) in [6.45, 7) is 6.93. The van der Waals surface area contributed by atoms with E-state index in [1.165, 1.54) is 0 Å². The van der Waals surface area contributed by atoms with Crippen LogP contribution in [0.15, 0.2) is 36.4 Å². The molecule has 2 atom stereocenters. The third-order valence-corrected chi connectivity index (χ3v) is 5.05. The lowest BCUT2D eigenvalue weighted by Gasteiger charge is -2.22. The molecule has 0 bridgehead atoms. The van der Waals surface area contributed by atoms with Crippen LogP contribution in [0.2, 0.25) is 0 Å². The maximum Gasteiger partial charge on any atom is 0.282 e. The molecule has 0 radical (unpaired) electrons. The summed E-state index contributed by atoms with van der Waals surface area (Å²) < 4.78 is 11.0. The summed E-state index contributed by atoms with van der Waals surface area (Å²) in [5, 5.41) is 5.82. The smallest absolute Gasteiger partial charge is 0.282 e. The quantitative estimate of drug-likeness (QED) is 0.690. The average molecular weight is 398 g/mol. The van der Waals surface area contributed by atoms with E-state index >= 15 is 0 Å². The van der Waals surface area contributed by atoms with Crippen molar-refractivity contribution in [2.45, 2.75) is 26.8 Å². The van der Waals surface area contributed by atoms with Crippen LogP contribution >= 0.6 is 0 Å². The average Bonchev–Trinajstić information content (AvgIpc) is 2.69. The highest BCUT2D eigenvalue weighted by Gasteiger charge is 2.25. The summed E-state index contributed by atoms with van der Waals surface area (Å²) in [6, 6.07) is 10.8. The molecule has 0 fully saturated rings. The fraction of sp³-hybridized carbons (Fsp3) is 0.364. The minimum Gasteiger partial charge on any atom is -0.486 e. The van der Waals surface area contributed by atoms with E-state index in [2.05, 4.69) is 10.6 Å². The van der Waals surface area contributed by atoms with Gasteiger partial charge in [0.05, 0.1) is 7.05 Å². The fourth-order valence-corrected chi connectivity index (χ4v) is 3.07. The molecule has 0 spiro atoms. The molecule has 1 heterocycles. The number of hydrogen-bond donors (Lipinski definition) is 3. The van der Waals surface area contributed by atoms with Crippen molar-refractivity contribution in [2.24, 2.45) is 0 Å². The van der Waals surface area contributed by atoms with Gasteiger partial charge in [0.15, 0.2) is 24.1 Å². The van der Waals surface area contributed by atoms with E-state index in [1.54, 1.807) is 25.1 Å². The van der Waals surface area contributed by atoms with E-state index in [4.69, 9.17) is 9.47 Å². The van der Waals surface area contributed by atoms with Crippen molar-refractivity contribution in [3.8, 4) is 11.5 Å². The molecule has 0 saturated heterocycles. The molecule has 29 heavy (non-hydrogen) atoms. The summed E-state index contributed by atoms with van der Waals surface area (Å²) in [4.78, 5) is 25.9. The van der Waals surface area contributed by atoms with E-state index in [1.807, 2.05) is 39.1 Å². The Morgan fingerprint density at radius 1 is 1.03 bits per heavy atom. The number of benzene rings is 2. The molecule has 3 N–H and O–H groups in total. The van der Waals surface area contributed by atoms with Gasteiger partial charge < -0.3 is 25.0 Å². The number of anilines is 2. The second-order valence-electron chi connectivity index (χ2n) is 7.46. The van der Waals surface area contributed by atoms with Gasteiger partial charge in [-0.1, -0.05) is 12.1 Å². The Balaban J connectivity index is 1.56. The van der Waals surface area contributed by atoms with Crippen LogP contribution in [-0.2, 0) is 9.59 Å². The third-order valence-electron chi connectivity index (χ3n) is 5.05. The zero-order valence-electron chi connectivity index (χ0n) is 17.3. The van der Waals surface area contributed by atoms with Crippen molar-refractivity contribution in [1.82, 2.24) is 0 Å². The van der Waals surface area contributed by atoms with Gasteiger partial charge in [0, 0.05) is 17.4 Å². The number of hydrogen-bond acceptors (Lipinski definition) is 4. The van der Waals surface area contributed by atoms with Gasteiger partial charge in [-0.3, -0.25) is 9.59 Å². The van der Waals surface area contributed by atoms with Crippen molar-refractivity contribution < 1.29 is 24.0 Å². The van der Waals surface area contributed by atoms with Gasteiger partial charge in [-0.2, -0.15) is 0 Å². The molecule has 2 aromatic rings. The van der Waals surface area contributed by atoms with E-state index in [9.17, 15) is 9.59 Å². The number of quaternary nitrogens is 1. The molecule has 154 valence electrons. The monoisotopic (exact) mass is 398 g/mol. The highest BCUT2D eigenvalue weighted by atomic mass is 16.6. The number of nitrogens with one attached hydrogen (secondary N) is 3. The van der Waals surface area contributed by atoms with E-state index in [-0.39, 0.29) is 18.4 Å². The Bertz CT molecular complexity index is 913. The van der Waals surface area contributed by atoms with Crippen molar-refractivity contribution in [3.05, 3.63) is 47.5 Å². The van der Waals surface area contributed by atoms with Crippen LogP contribution in [0.5, 0.6) is 11.5 Å². The van der Waals surface area contributed by atoms with Gasteiger partial charge >= 0.3 is 0 Å². The molecule has 0 aliphatic carbocycles. The number of amides is 2. The molecule has 0 saturated carbocycles. The van der Waals surface area contributed by atoms with Gasteiger partial charge in [0.2, 0.25) is 0 Å². The van der Waals surface area contributed by atoms with Crippen LogP contribution in [0.4, 0.5) is 11.4 Å². The van der Waals surface area contributed by atoms with E-state index in [0.29, 0.717) is 30.4 Å². The van der Waals surface area contributed by atoms with Crippen LogP contribution in [-0.4, -0.2) is 44.7 Å². The number of likely N-dealkylation sites (N-methyl/N-ethyl adjacent to an activating group) is 1. The first-order chi connectivity index (χ1) is 13.8. The van der Waals surface area contributed by atoms with Crippen LogP contribution in [0, 0.1) is 13.8 Å². The lowest BCUT2D eigenvalue weighted by Crippen LogP contribution is -3.14. The van der Waals surface area contributed by atoms with Gasteiger partial charge in [0.25, 0.3) is 11.8 Å². The van der Waals surface area contributed by atoms with Crippen molar-refractivity contribution in [2.75, 3.05) is 37.4 Å². The van der Waals surface area contributed by atoms with Crippen molar-refractivity contribution in [1.29, 1.82) is 0 Å². The minimum atomic E-state index is -0.410. The van der Waals surface area contributed by atoms with Crippen molar-refractivity contribution in [3.63, 3.8) is 0 Å². The molecular weight excluding hydrogens is 370 g/mol. The van der Waals surface area contributed by atoms with E-state index in [0.717, 1.165) is 21.7 Å². The molecule has 0 aromatic heterocycles. The lowest BCUT2D eigenvalue weighted by molar-refractivity contribution is -0.885. The summed E-state index contributed by atoms with van der Waals surface area (Å²) in [5.74, 6) is 0.998. The SMILES string of the molecule is Cc1ccc(C)c(NC(=O)C[NH+](C)[C@H](C)C(=O)Nc2ccc3c(c2)OCCO3)c1. The Hall–Kier alpha value is -3.06. The maximum absolute atomic E-state index is 12.6. The minimum absolute atomic E-state index is 0.129. The van der Waals surface area contributed by atoms with Crippen LogP contribution in [0.3, 0.4) is 0 Å². The molecular formula is C22H28N3O4+. The summed E-state index contributed by atoms with van der Waals surface area (Å²) in [7, 11) is 1.83. The van der Waals surface area contributed by atoms with Gasteiger partial charge in [0.1, 0.15) is 13.2 Å². The molecule has 2 amide bonds.